The number of Topliss-reactive ketones (excluding diaryl/α,β-unsaturated/α-hetero) is 1. The largest absolute Gasteiger partial charge is 0.463 e. The van der Waals surface area contributed by atoms with E-state index in [0.717, 1.165) is 49.1 Å². The van der Waals surface area contributed by atoms with Crippen LogP contribution in [0.25, 0.3) is 11.5 Å². The van der Waals surface area contributed by atoms with Crippen molar-refractivity contribution in [1.29, 1.82) is 0 Å². The summed E-state index contributed by atoms with van der Waals surface area (Å²) in [5.74, 6) is 0.421. The molecule has 1 spiro atoms. The number of hydrogen-bond acceptors (Lipinski definition) is 7. The number of hydrogen-bond donors (Lipinski definition) is 1. The van der Waals surface area contributed by atoms with Crippen LogP contribution in [0.1, 0.15) is 127 Å². The Labute approximate surface area is 233 Å². The first kappa shape index (κ1) is 29.3. The summed E-state index contributed by atoms with van der Waals surface area (Å²) in [7, 11) is 0. The van der Waals surface area contributed by atoms with Crippen LogP contribution >= 0.6 is 11.3 Å². The van der Waals surface area contributed by atoms with Crippen LogP contribution in [0, 0.1) is 5.92 Å². The van der Waals surface area contributed by atoms with Crippen LogP contribution in [-0.4, -0.2) is 29.8 Å². The summed E-state index contributed by atoms with van der Waals surface area (Å²) in [6.45, 7) is 3.59. The van der Waals surface area contributed by atoms with Crippen molar-refractivity contribution in [3.8, 4) is 11.5 Å². The molecule has 2 N–H and O–H groups in total. The Morgan fingerprint density at radius 1 is 1.00 bits per heavy atom. The molecule has 38 heavy (non-hydrogen) atoms. The summed E-state index contributed by atoms with van der Waals surface area (Å²) in [6, 6.07) is 3.77. The van der Waals surface area contributed by atoms with Crippen LogP contribution in [0.4, 0.5) is 5.13 Å². The number of thiazole rings is 1. The van der Waals surface area contributed by atoms with Crippen LogP contribution in [0.3, 0.4) is 0 Å². The van der Waals surface area contributed by atoms with E-state index in [1.807, 2.05) is 12.1 Å². The van der Waals surface area contributed by atoms with Crippen LogP contribution in [-0.2, 0) is 14.3 Å². The van der Waals surface area contributed by atoms with Gasteiger partial charge in [0, 0.05) is 23.6 Å². The minimum Gasteiger partial charge on any atom is -0.463 e. The summed E-state index contributed by atoms with van der Waals surface area (Å²) >= 11 is 1.45. The van der Waals surface area contributed by atoms with Gasteiger partial charge in [0.05, 0.1) is 25.4 Å². The van der Waals surface area contributed by atoms with Gasteiger partial charge in [-0.3, -0.25) is 4.79 Å². The van der Waals surface area contributed by atoms with E-state index >= 15 is 0 Å². The van der Waals surface area contributed by atoms with E-state index in [1.165, 1.54) is 82.0 Å². The van der Waals surface area contributed by atoms with E-state index in [-0.39, 0.29) is 11.8 Å². The maximum absolute atomic E-state index is 14.0. The van der Waals surface area contributed by atoms with Gasteiger partial charge in [0.15, 0.2) is 16.7 Å². The molecule has 2 aromatic rings. The second-order valence-corrected chi connectivity index (χ2v) is 12.3. The van der Waals surface area contributed by atoms with Gasteiger partial charge >= 0.3 is 0 Å². The van der Waals surface area contributed by atoms with E-state index < -0.39 is 5.79 Å². The molecular weight excluding hydrogens is 496 g/mol. The van der Waals surface area contributed by atoms with Crippen molar-refractivity contribution >= 4 is 22.3 Å². The van der Waals surface area contributed by atoms with Crippen LogP contribution in [0.5, 0.6) is 0 Å². The van der Waals surface area contributed by atoms with E-state index in [1.54, 1.807) is 6.26 Å². The third-order valence-corrected chi connectivity index (χ3v) is 9.39. The van der Waals surface area contributed by atoms with Crippen molar-refractivity contribution in [2.75, 3.05) is 18.9 Å². The topological polar surface area (TPSA) is 87.6 Å². The summed E-state index contributed by atoms with van der Waals surface area (Å²) < 4.78 is 17.5. The second kappa shape index (κ2) is 15.2. The Balaban J connectivity index is 1.29. The lowest BCUT2D eigenvalue weighted by atomic mass is 9.77. The molecule has 1 unspecified atom stereocenters. The molecule has 212 valence electrons. The van der Waals surface area contributed by atoms with Crippen LogP contribution < -0.4 is 5.73 Å². The molecule has 1 atom stereocenters. The Morgan fingerprint density at radius 2 is 1.61 bits per heavy atom. The fourth-order valence-corrected chi connectivity index (χ4v) is 7.16. The van der Waals surface area contributed by atoms with Gasteiger partial charge in [-0.2, -0.15) is 0 Å². The molecule has 1 aliphatic heterocycles. The molecule has 2 aromatic heterocycles. The quantitative estimate of drug-likeness (QED) is 0.200. The number of ketones is 1. The third kappa shape index (κ3) is 8.15. The zero-order valence-corrected chi connectivity index (χ0v) is 24.2. The predicted octanol–water partition coefficient (Wildman–Crippen LogP) is 8.66. The van der Waals surface area contributed by atoms with Gasteiger partial charge in [-0.15, -0.1) is 11.3 Å². The Kier molecular flexibility index (Phi) is 11.7. The molecule has 6 nitrogen and oxygen atoms in total. The molecule has 0 aromatic carbocycles. The maximum atomic E-state index is 14.0. The first-order chi connectivity index (χ1) is 18.6. The van der Waals surface area contributed by atoms with Crippen molar-refractivity contribution in [1.82, 2.24) is 4.98 Å². The highest BCUT2D eigenvalue weighted by Gasteiger charge is 2.43. The number of nitrogens with zero attached hydrogens (tertiary/aromatic N) is 1. The van der Waals surface area contributed by atoms with Gasteiger partial charge < -0.3 is 19.6 Å². The van der Waals surface area contributed by atoms with E-state index in [4.69, 9.17) is 19.6 Å². The molecule has 1 saturated carbocycles. The zero-order chi connectivity index (χ0) is 26.6. The fraction of sp³-hybridized carbons (Fsp3) is 0.742. The van der Waals surface area contributed by atoms with Gasteiger partial charge in [-0.1, -0.05) is 84.0 Å². The Bertz CT molecular complexity index is 941. The standard InChI is InChI=1S/C31H48N2O4S/c1-2-3-4-5-6-7-8-9-10-11-12-13-15-25(29-27(33-30(32)38-29)26-16-14-21-35-26)28(34)24-17-19-31(20-18-24)36-22-23-37-31/h14,16,21,24-25H,2-13,15,17-20,22-23H2,1H3,(H2,32,33). The van der Waals surface area contributed by atoms with Crippen molar-refractivity contribution < 1.29 is 18.7 Å². The van der Waals surface area contributed by atoms with E-state index in [9.17, 15) is 4.79 Å². The number of carbonyl (C=O) groups excluding carboxylic acids is 1. The maximum Gasteiger partial charge on any atom is 0.180 e. The van der Waals surface area contributed by atoms with Crippen molar-refractivity contribution in [3.05, 3.63) is 23.3 Å². The summed E-state index contributed by atoms with van der Waals surface area (Å²) in [4.78, 5) is 19.5. The number of rotatable bonds is 17. The van der Waals surface area contributed by atoms with Gasteiger partial charge in [0.1, 0.15) is 11.5 Å². The number of furan rings is 1. The summed E-state index contributed by atoms with van der Waals surface area (Å²) in [5, 5.41) is 0.495. The molecule has 0 radical (unpaired) electrons. The smallest absolute Gasteiger partial charge is 0.180 e. The highest BCUT2D eigenvalue weighted by atomic mass is 32.1. The van der Waals surface area contributed by atoms with Crippen molar-refractivity contribution in [3.63, 3.8) is 0 Å². The lowest BCUT2D eigenvalue weighted by Gasteiger charge is -2.35. The minimum atomic E-state index is -0.448. The summed E-state index contributed by atoms with van der Waals surface area (Å²) in [5.41, 5.74) is 6.91. The molecule has 0 bridgehead atoms. The molecule has 3 heterocycles. The van der Waals surface area contributed by atoms with Crippen molar-refractivity contribution in [2.24, 2.45) is 5.92 Å². The summed E-state index contributed by atoms with van der Waals surface area (Å²) in [6.07, 6.45) is 21.4. The molecule has 1 saturated heterocycles. The average Bonchev–Trinajstić information content (AvgIpc) is 3.69. The number of aromatic nitrogens is 1. The molecular formula is C31H48N2O4S. The SMILES string of the molecule is CCCCCCCCCCCCCCC(C(=O)C1CCC2(CC1)OCCO2)c1sc(N)nc1-c1ccco1. The number of anilines is 1. The number of unbranched alkanes of at least 4 members (excludes halogenated alkanes) is 11. The van der Waals surface area contributed by atoms with Crippen molar-refractivity contribution in [2.45, 2.75) is 128 Å². The molecule has 2 aliphatic rings. The number of nitrogens with two attached hydrogens (primary N) is 1. The molecule has 7 heteroatoms. The third-order valence-electron chi connectivity index (χ3n) is 8.39. The Morgan fingerprint density at radius 3 is 2.18 bits per heavy atom. The molecule has 0 amide bonds. The van der Waals surface area contributed by atoms with Crippen LogP contribution in [0.15, 0.2) is 22.8 Å². The van der Waals surface area contributed by atoms with E-state index in [2.05, 4.69) is 11.9 Å². The predicted molar refractivity (Wildman–Crippen MR) is 154 cm³/mol. The fourth-order valence-electron chi connectivity index (χ4n) is 6.18. The first-order valence-electron chi connectivity index (χ1n) is 15.2. The molecule has 2 fully saturated rings. The van der Waals surface area contributed by atoms with Gasteiger partial charge in [0.2, 0.25) is 0 Å². The normalized spacial score (nSPS) is 18.3. The minimum absolute atomic E-state index is 0.0310. The average molecular weight is 545 g/mol. The number of nitrogen functional groups attached to an aromatic ring is 1. The highest BCUT2D eigenvalue weighted by Crippen LogP contribution is 2.44. The molecule has 1 aliphatic carbocycles. The molecule has 4 rings (SSSR count). The lowest BCUT2D eigenvalue weighted by Crippen LogP contribution is -2.38. The van der Waals surface area contributed by atoms with Gasteiger partial charge in [0.25, 0.3) is 0 Å². The highest BCUT2D eigenvalue weighted by molar-refractivity contribution is 7.16. The Hall–Kier alpha value is -1.70. The lowest BCUT2D eigenvalue weighted by molar-refractivity contribution is -0.183. The monoisotopic (exact) mass is 544 g/mol. The van der Waals surface area contributed by atoms with E-state index in [0.29, 0.717) is 29.9 Å². The number of carbonyl (C=O) groups is 1. The zero-order valence-electron chi connectivity index (χ0n) is 23.4. The van der Waals surface area contributed by atoms with Gasteiger partial charge in [-0.25, -0.2) is 4.98 Å². The number of ether oxygens (including phenoxy) is 2. The van der Waals surface area contributed by atoms with Crippen LogP contribution in [0.2, 0.25) is 0 Å². The first-order valence-corrected chi connectivity index (χ1v) is 16.1. The van der Waals surface area contributed by atoms with Gasteiger partial charge in [-0.05, 0) is 31.4 Å². The second-order valence-electron chi connectivity index (χ2n) is 11.3.